The fraction of sp³-hybridized carbons (Fsp3) is 0.0870. The molecule has 0 saturated carbocycles. The van der Waals surface area contributed by atoms with Crippen molar-refractivity contribution in [1.29, 1.82) is 5.26 Å². The van der Waals surface area contributed by atoms with Gasteiger partial charge >= 0.3 is 23.5 Å². The van der Waals surface area contributed by atoms with Gasteiger partial charge in [0.15, 0.2) is 5.96 Å². The Labute approximate surface area is 229 Å². The summed E-state index contributed by atoms with van der Waals surface area (Å²) in [4.78, 5) is 57.9. The van der Waals surface area contributed by atoms with E-state index in [1.54, 1.807) is 0 Å². The first-order valence-electron chi connectivity index (χ1n) is 11.1. The Kier molecular flexibility index (Phi) is 8.76. The van der Waals surface area contributed by atoms with Crippen molar-refractivity contribution in [3.8, 4) is 29.5 Å². The highest BCUT2D eigenvalue weighted by Gasteiger charge is 2.32. The Morgan fingerprint density at radius 2 is 1.85 bits per heavy atom. The molecule has 1 unspecified atom stereocenters. The topological polar surface area (TPSA) is 311 Å². The number of benzene rings is 2. The standard InChI is InChI=1S/C23H20N10O8/c24-9-10-4-5-13(18(26)35)15(6-10)41-20-17(33(38)39)19(30-14(21(36)37)8-16(25)34)31-23(32-20)40-12-3-1-2-11(7-12)29-22(27)28/h1-7,14H,8H2,(H2,25,34)(H2,26,35)(H,36,37)(H4,27,28,29)(H,30,31,32). The number of rotatable bonds is 12. The van der Waals surface area contributed by atoms with Crippen molar-refractivity contribution in [2.24, 2.45) is 27.9 Å². The number of nitrogens with two attached hydrogens (primary N) is 4. The van der Waals surface area contributed by atoms with Crippen LogP contribution in [0, 0.1) is 21.4 Å². The van der Waals surface area contributed by atoms with Crippen LogP contribution >= 0.6 is 0 Å². The maximum absolute atomic E-state index is 12.1. The summed E-state index contributed by atoms with van der Waals surface area (Å²) in [6.07, 6.45) is -0.778. The zero-order valence-electron chi connectivity index (χ0n) is 20.7. The van der Waals surface area contributed by atoms with E-state index in [1.165, 1.54) is 30.3 Å². The minimum absolute atomic E-state index is 0.000442. The van der Waals surface area contributed by atoms with Crippen molar-refractivity contribution in [3.63, 3.8) is 0 Å². The Hall–Kier alpha value is -6.51. The quantitative estimate of drug-likeness (QED) is 0.0758. The van der Waals surface area contributed by atoms with Crippen molar-refractivity contribution < 1.29 is 33.9 Å². The Balaban J connectivity index is 2.22. The third kappa shape index (κ3) is 7.51. The number of nitriles is 1. The highest BCUT2D eigenvalue weighted by molar-refractivity contribution is 5.96. The third-order valence-electron chi connectivity index (χ3n) is 4.90. The van der Waals surface area contributed by atoms with Gasteiger partial charge in [-0.3, -0.25) is 19.7 Å². The summed E-state index contributed by atoms with van der Waals surface area (Å²) in [6, 6.07) is 8.73. The van der Waals surface area contributed by atoms with Crippen molar-refractivity contribution >= 4 is 40.9 Å². The second-order valence-corrected chi connectivity index (χ2v) is 7.90. The molecular weight excluding hydrogens is 544 g/mol. The molecule has 18 nitrogen and oxygen atoms in total. The molecule has 2 aromatic carbocycles. The molecule has 18 heteroatoms. The van der Waals surface area contributed by atoms with E-state index < -0.39 is 64.3 Å². The molecule has 3 aromatic rings. The summed E-state index contributed by atoms with van der Waals surface area (Å²) < 4.78 is 11.2. The maximum Gasteiger partial charge on any atom is 0.373 e. The van der Waals surface area contributed by atoms with Crippen molar-refractivity contribution in [1.82, 2.24) is 9.97 Å². The lowest BCUT2D eigenvalue weighted by Crippen LogP contribution is -2.34. The molecule has 1 heterocycles. The smallest absolute Gasteiger partial charge is 0.373 e. The largest absolute Gasteiger partial charge is 0.480 e. The van der Waals surface area contributed by atoms with E-state index in [1.807, 2.05) is 6.07 Å². The van der Waals surface area contributed by atoms with E-state index in [2.05, 4.69) is 20.3 Å². The zero-order valence-corrected chi connectivity index (χ0v) is 20.7. The zero-order chi connectivity index (χ0) is 30.3. The van der Waals surface area contributed by atoms with Gasteiger partial charge in [0.2, 0.25) is 11.7 Å². The summed E-state index contributed by atoms with van der Waals surface area (Å²) in [5.41, 5.74) is 20.2. The molecule has 0 radical (unpaired) electrons. The van der Waals surface area contributed by atoms with Gasteiger partial charge in [-0.25, -0.2) is 9.79 Å². The van der Waals surface area contributed by atoms with Gasteiger partial charge in [-0.05, 0) is 30.3 Å². The predicted molar refractivity (Wildman–Crippen MR) is 139 cm³/mol. The minimum atomic E-state index is -1.77. The minimum Gasteiger partial charge on any atom is -0.480 e. The molecule has 0 aliphatic rings. The number of aliphatic carboxylic acids is 1. The van der Waals surface area contributed by atoms with Crippen molar-refractivity contribution in [2.45, 2.75) is 12.5 Å². The summed E-state index contributed by atoms with van der Waals surface area (Å²) in [5.74, 6) is -5.83. The molecule has 0 aliphatic heterocycles. The van der Waals surface area contributed by atoms with Crippen LogP contribution in [-0.4, -0.2) is 49.8 Å². The summed E-state index contributed by atoms with van der Waals surface area (Å²) in [6.45, 7) is 0. The SMILES string of the molecule is N#Cc1ccc(C(N)=O)c(Oc2nc(Oc3cccc(N=C(N)N)c3)nc(NC(CC(N)=O)C(=O)O)c2[N+](=O)[O-])c1. The molecule has 0 bridgehead atoms. The number of anilines is 1. The van der Waals surface area contributed by atoms with Gasteiger partial charge in [-0.2, -0.15) is 15.2 Å². The number of hydrogen-bond acceptors (Lipinski definition) is 12. The average molecular weight is 564 g/mol. The lowest BCUT2D eigenvalue weighted by Gasteiger charge is -2.16. The number of ether oxygens (including phenoxy) is 2. The molecule has 210 valence electrons. The number of primary amides is 2. The molecule has 0 fully saturated rings. The molecule has 0 spiro atoms. The molecule has 1 atom stereocenters. The van der Waals surface area contributed by atoms with Crippen LogP contribution in [0.5, 0.6) is 23.4 Å². The molecule has 10 N–H and O–H groups in total. The van der Waals surface area contributed by atoms with Gasteiger partial charge in [0.1, 0.15) is 17.5 Å². The van der Waals surface area contributed by atoms with Crippen LogP contribution in [-0.2, 0) is 9.59 Å². The highest BCUT2D eigenvalue weighted by Crippen LogP contribution is 2.39. The van der Waals surface area contributed by atoms with Crippen LogP contribution in [0.4, 0.5) is 17.2 Å². The molecular formula is C23H20N10O8. The van der Waals surface area contributed by atoms with Gasteiger partial charge in [0, 0.05) is 6.07 Å². The van der Waals surface area contributed by atoms with Crippen LogP contribution in [0.2, 0.25) is 0 Å². The number of carboxylic acids is 1. The second-order valence-electron chi connectivity index (χ2n) is 7.90. The van der Waals surface area contributed by atoms with Gasteiger partial charge in [0.05, 0.1) is 34.2 Å². The monoisotopic (exact) mass is 564 g/mol. The van der Waals surface area contributed by atoms with Gasteiger partial charge < -0.3 is 42.8 Å². The van der Waals surface area contributed by atoms with Crippen LogP contribution < -0.4 is 37.7 Å². The predicted octanol–water partition coefficient (Wildman–Crippen LogP) is 0.585. The fourth-order valence-electron chi connectivity index (χ4n) is 3.22. The lowest BCUT2D eigenvalue weighted by molar-refractivity contribution is -0.385. The van der Waals surface area contributed by atoms with E-state index in [-0.39, 0.29) is 28.5 Å². The number of aromatic nitrogens is 2. The number of hydrogen-bond donors (Lipinski definition) is 6. The Bertz CT molecular complexity index is 1610. The fourth-order valence-corrected chi connectivity index (χ4v) is 3.22. The first-order valence-corrected chi connectivity index (χ1v) is 11.1. The number of aliphatic imine (C=N–C) groups is 1. The average Bonchev–Trinajstić information content (AvgIpc) is 2.87. The van der Waals surface area contributed by atoms with Crippen LogP contribution in [0.3, 0.4) is 0 Å². The second kappa shape index (κ2) is 12.4. The number of amides is 2. The van der Waals surface area contributed by atoms with Gasteiger partial charge in [-0.15, -0.1) is 0 Å². The number of carboxylic acid groups (broad SMARTS) is 1. The van der Waals surface area contributed by atoms with Crippen molar-refractivity contribution in [2.75, 3.05) is 5.32 Å². The lowest BCUT2D eigenvalue weighted by atomic mass is 10.1. The van der Waals surface area contributed by atoms with Gasteiger partial charge in [-0.1, -0.05) is 6.07 Å². The number of nitrogens with one attached hydrogen (secondary N) is 1. The van der Waals surface area contributed by atoms with E-state index >= 15 is 0 Å². The van der Waals surface area contributed by atoms with Crippen LogP contribution in [0.1, 0.15) is 22.3 Å². The molecule has 41 heavy (non-hydrogen) atoms. The van der Waals surface area contributed by atoms with Crippen LogP contribution in [0.15, 0.2) is 47.5 Å². The van der Waals surface area contributed by atoms with E-state index in [9.17, 15) is 34.9 Å². The van der Waals surface area contributed by atoms with Crippen LogP contribution in [0.25, 0.3) is 0 Å². The van der Waals surface area contributed by atoms with E-state index in [4.69, 9.17) is 32.4 Å². The summed E-state index contributed by atoms with van der Waals surface area (Å²) >= 11 is 0. The Morgan fingerprint density at radius 1 is 1.12 bits per heavy atom. The van der Waals surface area contributed by atoms with E-state index in [0.29, 0.717) is 0 Å². The number of carbonyl (C=O) groups is 3. The summed E-state index contributed by atoms with van der Waals surface area (Å²) in [7, 11) is 0. The molecule has 2 amide bonds. The number of carbonyl (C=O) groups excluding carboxylic acids is 2. The number of guanidine groups is 1. The van der Waals surface area contributed by atoms with Crippen molar-refractivity contribution in [3.05, 3.63) is 63.7 Å². The van der Waals surface area contributed by atoms with Gasteiger partial charge in [0.25, 0.3) is 5.91 Å². The maximum atomic E-state index is 12.1. The Morgan fingerprint density at radius 3 is 2.44 bits per heavy atom. The number of nitro groups is 1. The molecule has 0 saturated heterocycles. The third-order valence-corrected chi connectivity index (χ3v) is 4.90. The molecule has 3 rings (SSSR count). The first kappa shape index (κ1) is 29.1. The molecule has 1 aromatic heterocycles. The summed E-state index contributed by atoms with van der Waals surface area (Å²) in [5, 5.41) is 33.1. The molecule has 0 aliphatic carbocycles. The normalized spacial score (nSPS) is 10.9. The van der Waals surface area contributed by atoms with E-state index in [0.717, 1.165) is 12.1 Å². The first-order chi connectivity index (χ1) is 19.4. The number of nitrogens with zero attached hydrogens (tertiary/aromatic N) is 5. The highest BCUT2D eigenvalue weighted by atomic mass is 16.6.